The molecule has 0 spiro atoms. The van der Waals surface area contributed by atoms with Crippen LogP contribution in [-0.4, -0.2) is 11.6 Å². The summed E-state index contributed by atoms with van der Waals surface area (Å²) in [6.07, 6.45) is 2.51. The maximum atomic E-state index is 5.57. The third-order valence-corrected chi connectivity index (χ3v) is 2.17. The van der Waals surface area contributed by atoms with Crippen LogP contribution in [0.3, 0.4) is 0 Å². The highest BCUT2D eigenvalue weighted by atomic mass is 35.5. The van der Waals surface area contributed by atoms with Crippen LogP contribution in [0.25, 0.3) is 0 Å². The Bertz CT molecular complexity index is 203. The summed E-state index contributed by atoms with van der Waals surface area (Å²) in [7, 11) is 0. The quantitative estimate of drug-likeness (QED) is 0.709. The first-order valence-corrected chi connectivity index (χ1v) is 3.94. The van der Waals surface area contributed by atoms with Crippen LogP contribution in [0, 0.1) is 0 Å². The normalized spacial score (nSPS) is 10.2. The van der Waals surface area contributed by atoms with Gasteiger partial charge < -0.3 is 4.84 Å². The molecule has 0 amide bonds. The van der Waals surface area contributed by atoms with Gasteiger partial charge in [0.25, 0.3) is 0 Å². The predicted octanol–water partition coefficient (Wildman–Crippen LogP) is 1.23. The van der Waals surface area contributed by atoms with Gasteiger partial charge in [-0.1, -0.05) is 11.6 Å². The predicted molar refractivity (Wildman–Crippen MR) is 41.0 cm³/mol. The van der Waals surface area contributed by atoms with Crippen molar-refractivity contribution in [1.29, 1.82) is 0 Å². The molecule has 0 aliphatic rings. The molecule has 5 heteroatoms. The Morgan fingerprint density at radius 3 is 3.10 bits per heavy atom. The van der Waals surface area contributed by atoms with E-state index in [1.807, 2.05) is 0 Å². The minimum absolute atomic E-state index is 0.512. The average molecular weight is 179 g/mol. The number of aromatic nitrogens is 1. The minimum atomic E-state index is 0.512. The van der Waals surface area contributed by atoms with Gasteiger partial charge in [0, 0.05) is 17.5 Å². The Hall–Kier alpha value is -0.160. The zero-order valence-corrected chi connectivity index (χ0v) is 6.78. The Labute approximate surface area is 67.7 Å². The summed E-state index contributed by atoms with van der Waals surface area (Å²) >= 11 is 7.02. The number of hydrogen-bond acceptors (Lipinski definition) is 4. The highest BCUT2D eigenvalue weighted by molar-refractivity contribution is 7.15. The molecule has 0 saturated carbocycles. The number of hydrogen-bond donors (Lipinski definition) is 1. The smallest absolute Gasteiger partial charge is 0.183 e. The van der Waals surface area contributed by atoms with Gasteiger partial charge in [0.05, 0.1) is 6.61 Å². The fourth-order valence-electron chi connectivity index (χ4n) is 0.559. The first kappa shape index (κ1) is 7.94. The molecule has 0 radical (unpaired) electrons. The van der Waals surface area contributed by atoms with Crippen LogP contribution in [0.2, 0.25) is 4.47 Å². The van der Waals surface area contributed by atoms with E-state index in [-0.39, 0.29) is 0 Å². The molecule has 0 aliphatic heterocycles. The van der Waals surface area contributed by atoms with E-state index in [1.54, 1.807) is 6.20 Å². The second-order valence-electron chi connectivity index (χ2n) is 1.70. The van der Waals surface area contributed by atoms with Crippen LogP contribution in [0.4, 0.5) is 0 Å². The number of nitrogens with two attached hydrogens (primary N) is 1. The molecule has 1 rings (SSSR count). The van der Waals surface area contributed by atoms with Gasteiger partial charge in [0.1, 0.15) is 0 Å². The van der Waals surface area contributed by atoms with Crippen molar-refractivity contribution < 1.29 is 4.84 Å². The first-order valence-electron chi connectivity index (χ1n) is 2.75. The summed E-state index contributed by atoms with van der Waals surface area (Å²) in [6.45, 7) is 0.512. The van der Waals surface area contributed by atoms with Gasteiger partial charge in [-0.25, -0.2) is 10.9 Å². The Morgan fingerprint density at radius 2 is 2.60 bits per heavy atom. The SMILES string of the molecule is NOCCc1cnc(Cl)s1. The molecule has 0 atom stereocenters. The topological polar surface area (TPSA) is 48.1 Å². The standard InChI is InChI=1S/C5H7ClN2OS/c6-5-8-3-4(10-5)1-2-9-7/h3H,1-2,7H2. The van der Waals surface area contributed by atoms with E-state index in [2.05, 4.69) is 9.82 Å². The summed E-state index contributed by atoms with van der Waals surface area (Å²) in [5, 5.41) is 0. The lowest BCUT2D eigenvalue weighted by Gasteiger charge is -1.91. The van der Waals surface area contributed by atoms with E-state index >= 15 is 0 Å². The van der Waals surface area contributed by atoms with Crippen LogP contribution >= 0.6 is 22.9 Å². The summed E-state index contributed by atoms with van der Waals surface area (Å²) in [6, 6.07) is 0. The second kappa shape index (κ2) is 3.88. The Morgan fingerprint density at radius 1 is 1.80 bits per heavy atom. The van der Waals surface area contributed by atoms with E-state index in [9.17, 15) is 0 Å². The van der Waals surface area contributed by atoms with Crippen molar-refractivity contribution in [3.8, 4) is 0 Å². The fourth-order valence-corrected chi connectivity index (χ4v) is 1.52. The molecule has 0 aromatic carbocycles. The molecule has 0 unspecified atom stereocenters. The van der Waals surface area contributed by atoms with Crippen LogP contribution in [0.15, 0.2) is 6.20 Å². The van der Waals surface area contributed by atoms with Gasteiger partial charge in [-0.05, 0) is 0 Å². The van der Waals surface area contributed by atoms with Gasteiger partial charge in [0.15, 0.2) is 4.47 Å². The molecule has 10 heavy (non-hydrogen) atoms. The van der Waals surface area contributed by atoms with Gasteiger partial charge in [-0.2, -0.15) is 0 Å². The number of halogens is 1. The lowest BCUT2D eigenvalue weighted by Crippen LogP contribution is -2.02. The van der Waals surface area contributed by atoms with E-state index in [1.165, 1.54) is 11.3 Å². The average Bonchev–Trinajstić information content (AvgIpc) is 2.31. The van der Waals surface area contributed by atoms with Gasteiger partial charge in [-0.15, -0.1) is 11.3 Å². The van der Waals surface area contributed by atoms with Crippen LogP contribution in [0.5, 0.6) is 0 Å². The summed E-state index contributed by atoms with van der Waals surface area (Å²) < 4.78 is 0.562. The third kappa shape index (κ3) is 2.22. The van der Waals surface area contributed by atoms with Crippen molar-refractivity contribution >= 4 is 22.9 Å². The fraction of sp³-hybridized carbons (Fsp3) is 0.400. The molecule has 56 valence electrons. The summed E-state index contributed by atoms with van der Waals surface area (Å²) in [5.74, 6) is 4.83. The van der Waals surface area contributed by atoms with E-state index in [0.717, 1.165) is 11.3 Å². The van der Waals surface area contributed by atoms with Crippen molar-refractivity contribution in [2.24, 2.45) is 5.90 Å². The van der Waals surface area contributed by atoms with Gasteiger partial charge in [0.2, 0.25) is 0 Å². The molecular formula is C5H7ClN2OS. The van der Waals surface area contributed by atoms with Crippen molar-refractivity contribution in [2.45, 2.75) is 6.42 Å². The van der Waals surface area contributed by atoms with Crippen LogP contribution < -0.4 is 5.90 Å². The van der Waals surface area contributed by atoms with Crippen molar-refractivity contribution in [1.82, 2.24) is 4.98 Å². The van der Waals surface area contributed by atoms with Crippen LogP contribution in [0.1, 0.15) is 4.88 Å². The van der Waals surface area contributed by atoms with Crippen LogP contribution in [-0.2, 0) is 11.3 Å². The van der Waals surface area contributed by atoms with Gasteiger partial charge >= 0.3 is 0 Å². The molecular weight excluding hydrogens is 172 g/mol. The van der Waals surface area contributed by atoms with Crippen molar-refractivity contribution in [2.75, 3.05) is 6.61 Å². The maximum Gasteiger partial charge on any atom is 0.183 e. The molecule has 0 bridgehead atoms. The highest BCUT2D eigenvalue weighted by Gasteiger charge is 1.97. The number of nitrogens with zero attached hydrogens (tertiary/aromatic N) is 1. The maximum absolute atomic E-state index is 5.57. The van der Waals surface area contributed by atoms with E-state index < -0.39 is 0 Å². The molecule has 0 fully saturated rings. The highest BCUT2D eigenvalue weighted by Crippen LogP contribution is 2.17. The van der Waals surface area contributed by atoms with E-state index in [0.29, 0.717) is 11.1 Å². The Balaban J connectivity index is 2.42. The number of rotatable bonds is 3. The molecule has 1 heterocycles. The third-order valence-electron chi connectivity index (χ3n) is 0.992. The van der Waals surface area contributed by atoms with Crippen molar-refractivity contribution in [3.63, 3.8) is 0 Å². The lowest BCUT2D eigenvalue weighted by atomic mass is 10.4. The first-order chi connectivity index (χ1) is 4.83. The molecule has 2 N–H and O–H groups in total. The molecule has 0 aliphatic carbocycles. The summed E-state index contributed by atoms with van der Waals surface area (Å²) in [4.78, 5) is 9.34. The lowest BCUT2D eigenvalue weighted by molar-refractivity contribution is 0.141. The molecule has 3 nitrogen and oxygen atoms in total. The molecule has 1 aromatic heterocycles. The second-order valence-corrected chi connectivity index (χ2v) is 3.40. The zero-order valence-electron chi connectivity index (χ0n) is 5.21. The molecule has 0 saturated heterocycles. The largest absolute Gasteiger partial charge is 0.304 e. The zero-order chi connectivity index (χ0) is 7.40. The minimum Gasteiger partial charge on any atom is -0.304 e. The monoisotopic (exact) mass is 178 g/mol. The Kier molecular flexibility index (Phi) is 3.08. The summed E-state index contributed by atoms with van der Waals surface area (Å²) in [5.41, 5.74) is 0. The van der Waals surface area contributed by atoms with Crippen molar-refractivity contribution in [3.05, 3.63) is 15.5 Å². The van der Waals surface area contributed by atoms with Gasteiger partial charge in [-0.3, -0.25) is 0 Å². The number of thiazole rings is 1. The van der Waals surface area contributed by atoms with E-state index in [4.69, 9.17) is 17.5 Å². The molecule has 1 aromatic rings.